The molecular formula is C12H17N3O. The molecule has 0 aliphatic carbocycles. The summed E-state index contributed by atoms with van der Waals surface area (Å²) in [5, 5.41) is 6.14. The van der Waals surface area contributed by atoms with Crippen molar-refractivity contribution in [3.63, 3.8) is 0 Å². The van der Waals surface area contributed by atoms with Gasteiger partial charge in [-0.15, -0.1) is 0 Å². The van der Waals surface area contributed by atoms with Crippen molar-refractivity contribution in [3.8, 4) is 0 Å². The Balaban J connectivity index is 1.87. The molecule has 0 radical (unpaired) electrons. The molecule has 16 heavy (non-hydrogen) atoms. The minimum atomic E-state index is 0.00198. The molecule has 2 N–H and O–H groups in total. The molecule has 1 aliphatic heterocycles. The molecule has 4 heteroatoms. The van der Waals surface area contributed by atoms with Crippen molar-refractivity contribution in [1.29, 1.82) is 0 Å². The first kappa shape index (κ1) is 11.1. The second-order valence-electron chi connectivity index (χ2n) is 4.17. The summed E-state index contributed by atoms with van der Waals surface area (Å²) >= 11 is 0. The number of carbonyl (C=O) groups is 1. The number of hydrogen-bond acceptors (Lipinski definition) is 3. The zero-order chi connectivity index (χ0) is 11.4. The van der Waals surface area contributed by atoms with Gasteiger partial charge in [0.15, 0.2) is 0 Å². The number of nitrogens with one attached hydrogen (secondary N) is 2. The van der Waals surface area contributed by atoms with Crippen LogP contribution < -0.4 is 10.6 Å². The Morgan fingerprint density at radius 1 is 1.69 bits per heavy atom. The molecule has 2 heterocycles. The van der Waals surface area contributed by atoms with E-state index < -0.39 is 0 Å². The van der Waals surface area contributed by atoms with E-state index in [4.69, 9.17) is 0 Å². The molecule has 0 bridgehead atoms. The van der Waals surface area contributed by atoms with Crippen molar-refractivity contribution in [3.05, 3.63) is 29.6 Å². The lowest BCUT2D eigenvalue weighted by atomic mass is 10.1. The molecule has 1 aromatic heterocycles. The summed E-state index contributed by atoms with van der Waals surface area (Å²) < 4.78 is 0. The van der Waals surface area contributed by atoms with Crippen LogP contribution in [0.5, 0.6) is 0 Å². The summed E-state index contributed by atoms with van der Waals surface area (Å²) in [5.41, 5.74) is 2.24. The van der Waals surface area contributed by atoms with Crippen molar-refractivity contribution in [2.45, 2.75) is 32.4 Å². The third-order valence-corrected chi connectivity index (χ3v) is 2.97. The van der Waals surface area contributed by atoms with E-state index >= 15 is 0 Å². The number of aromatic nitrogens is 1. The third-order valence-electron chi connectivity index (χ3n) is 2.97. The largest absolute Gasteiger partial charge is 0.351 e. The first-order valence-electron chi connectivity index (χ1n) is 5.68. The van der Waals surface area contributed by atoms with Gasteiger partial charge in [0.05, 0.1) is 6.04 Å². The van der Waals surface area contributed by atoms with Gasteiger partial charge in [0.25, 0.3) is 0 Å². The maximum Gasteiger partial charge on any atom is 0.237 e. The maximum atomic E-state index is 11.7. The van der Waals surface area contributed by atoms with E-state index in [1.54, 1.807) is 6.20 Å². The van der Waals surface area contributed by atoms with Gasteiger partial charge in [-0.3, -0.25) is 9.78 Å². The van der Waals surface area contributed by atoms with Crippen LogP contribution in [0.4, 0.5) is 0 Å². The number of amides is 1. The van der Waals surface area contributed by atoms with Crippen LogP contribution in [-0.4, -0.2) is 23.5 Å². The van der Waals surface area contributed by atoms with Gasteiger partial charge in [-0.2, -0.15) is 0 Å². The molecule has 2 rings (SSSR count). The first-order chi connectivity index (χ1) is 7.77. The molecule has 1 aromatic rings. The Morgan fingerprint density at radius 3 is 3.25 bits per heavy atom. The molecule has 86 valence electrons. The number of nitrogens with zero attached hydrogens (tertiary/aromatic N) is 1. The second-order valence-corrected chi connectivity index (χ2v) is 4.17. The van der Waals surface area contributed by atoms with Crippen LogP contribution in [-0.2, 0) is 11.3 Å². The predicted octanol–water partition coefficient (Wildman–Crippen LogP) is 0.758. The van der Waals surface area contributed by atoms with Gasteiger partial charge >= 0.3 is 0 Å². The van der Waals surface area contributed by atoms with Crippen LogP contribution in [0.1, 0.15) is 24.0 Å². The predicted molar refractivity (Wildman–Crippen MR) is 61.8 cm³/mol. The van der Waals surface area contributed by atoms with Crippen molar-refractivity contribution in [1.82, 2.24) is 15.6 Å². The Morgan fingerprint density at radius 2 is 2.56 bits per heavy atom. The highest BCUT2D eigenvalue weighted by atomic mass is 16.2. The van der Waals surface area contributed by atoms with Gasteiger partial charge < -0.3 is 10.6 Å². The van der Waals surface area contributed by atoms with Crippen LogP contribution in [0.15, 0.2) is 18.5 Å². The molecule has 1 amide bonds. The topological polar surface area (TPSA) is 54.0 Å². The van der Waals surface area contributed by atoms with Crippen molar-refractivity contribution >= 4 is 5.91 Å². The molecule has 4 nitrogen and oxygen atoms in total. The van der Waals surface area contributed by atoms with Crippen LogP contribution in [0.3, 0.4) is 0 Å². The van der Waals surface area contributed by atoms with Gasteiger partial charge in [0.1, 0.15) is 0 Å². The zero-order valence-corrected chi connectivity index (χ0v) is 9.49. The summed E-state index contributed by atoms with van der Waals surface area (Å²) in [7, 11) is 0. The number of pyridine rings is 1. The van der Waals surface area contributed by atoms with Crippen LogP contribution in [0.2, 0.25) is 0 Å². The molecule has 0 aromatic carbocycles. The monoisotopic (exact) mass is 219 g/mol. The average Bonchev–Trinajstić information content (AvgIpc) is 2.81. The summed E-state index contributed by atoms with van der Waals surface area (Å²) in [6.45, 7) is 3.54. The molecule has 1 fully saturated rings. The van der Waals surface area contributed by atoms with Crippen molar-refractivity contribution in [2.24, 2.45) is 0 Å². The number of rotatable bonds is 3. The van der Waals surface area contributed by atoms with E-state index in [1.807, 2.05) is 19.2 Å². The highest BCUT2D eigenvalue weighted by molar-refractivity contribution is 5.81. The summed E-state index contributed by atoms with van der Waals surface area (Å²) in [6.07, 6.45) is 5.60. The number of aryl methyl sites for hydroxylation is 1. The maximum absolute atomic E-state index is 11.7. The van der Waals surface area contributed by atoms with Gasteiger partial charge in [0.2, 0.25) is 5.91 Å². The van der Waals surface area contributed by atoms with Crippen LogP contribution in [0, 0.1) is 6.92 Å². The molecular weight excluding hydrogens is 202 g/mol. The van der Waals surface area contributed by atoms with E-state index in [2.05, 4.69) is 15.6 Å². The Labute approximate surface area is 95.5 Å². The second kappa shape index (κ2) is 5.07. The minimum absolute atomic E-state index is 0.00198. The summed E-state index contributed by atoms with van der Waals surface area (Å²) in [4.78, 5) is 15.8. The summed E-state index contributed by atoms with van der Waals surface area (Å²) in [5.74, 6) is 0.105. The quantitative estimate of drug-likeness (QED) is 0.789. The van der Waals surface area contributed by atoms with Gasteiger partial charge in [-0.1, -0.05) is 0 Å². The van der Waals surface area contributed by atoms with Gasteiger partial charge in [-0.05, 0) is 43.5 Å². The molecule has 1 aliphatic rings. The molecule has 0 unspecified atom stereocenters. The van der Waals surface area contributed by atoms with Crippen molar-refractivity contribution in [2.75, 3.05) is 6.54 Å². The minimum Gasteiger partial charge on any atom is -0.351 e. The van der Waals surface area contributed by atoms with E-state index in [0.29, 0.717) is 6.54 Å². The zero-order valence-electron chi connectivity index (χ0n) is 9.49. The van der Waals surface area contributed by atoms with Gasteiger partial charge in [-0.25, -0.2) is 0 Å². The Bertz CT molecular complexity index is 372. The van der Waals surface area contributed by atoms with E-state index in [9.17, 15) is 4.79 Å². The summed E-state index contributed by atoms with van der Waals surface area (Å²) in [6, 6.07) is 1.94. The molecule has 0 spiro atoms. The molecule has 1 saturated heterocycles. The van der Waals surface area contributed by atoms with E-state index in [-0.39, 0.29) is 11.9 Å². The van der Waals surface area contributed by atoms with Crippen molar-refractivity contribution < 1.29 is 4.79 Å². The highest BCUT2D eigenvalue weighted by Crippen LogP contribution is 2.07. The van der Waals surface area contributed by atoms with Gasteiger partial charge in [0, 0.05) is 18.9 Å². The Kier molecular flexibility index (Phi) is 3.51. The standard InChI is InChI=1S/C12H17N3O/c1-9-7-13-6-4-10(9)8-15-12(16)11-3-2-5-14-11/h4,6-7,11,14H,2-3,5,8H2,1H3,(H,15,16)/t11-/m0/s1. The Hall–Kier alpha value is -1.42. The van der Waals surface area contributed by atoms with E-state index in [0.717, 1.165) is 30.5 Å². The number of hydrogen-bond donors (Lipinski definition) is 2. The van der Waals surface area contributed by atoms with Crippen LogP contribution in [0.25, 0.3) is 0 Å². The third kappa shape index (κ3) is 2.58. The highest BCUT2D eigenvalue weighted by Gasteiger charge is 2.21. The smallest absolute Gasteiger partial charge is 0.237 e. The van der Waals surface area contributed by atoms with Crippen LogP contribution >= 0.6 is 0 Å². The van der Waals surface area contributed by atoms with E-state index in [1.165, 1.54) is 0 Å². The average molecular weight is 219 g/mol. The fourth-order valence-corrected chi connectivity index (χ4v) is 1.91. The fraction of sp³-hybridized carbons (Fsp3) is 0.500. The lowest BCUT2D eigenvalue weighted by Crippen LogP contribution is -2.40. The molecule has 0 saturated carbocycles. The fourth-order valence-electron chi connectivity index (χ4n) is 1.91. The normalized spacial score (nSPS) is 19.7. The lowest BCUT2D eigenvalue weighted by Gasteiger charge is -2.11. The SMILES string of the molecule is Cc1cnccc1CNC(=O)[C@@H]1CCCN1. The first-order valence-corrected chi connectivity index (χ1v) is 5.68. The number of carbonyl (C=O) groups excluding carboxylic acids is 1. The lowest BCUT2D eigenvalue weighted by molar-refractivity contribution is -0.122. The molecule has 1 atom stereocenters.